The number of carbonyl (C=O) groups is 3. The van der Waals surface area contributed by atoms with Gasteiger partial charge >= 0.3 is 12.1 Å². The molecule has 0 radical (unpaired) electrons. The Balaban J connectivity index is 1.13. The molecular formula is C34H35N3O5. The average Bonchev–Trinajstić information content (AvgIpc) is 3.77. The monoisotopic (exact) mass is 565 g/mol. The van der Waals surface area contributed by atoms with Crippen LogP contribution < -0.4 is 5.32 Å². The fourth-order valence-electron chi connectivity index (χ4n) is 7.86. The molecule has 1 aliphatic carbocycles. The lowest BCUT2D eigenvalue weighted by molar-refractivity contribution is -0.158. The van der Waals surface area contributed by atoms with Crippen molar-refractivity contribution in [3.8, 4) is 11.1 Å². The number of rotatable bonds is 7. The van der Waals surface area contributed by atoms with Crippen molar-refractivity contribution in [2.24, 2.45) is 0 Å². The van der Waals surface area contributed by atoms with Gasteiger partial charge in [0.05, 0.1) is 0 Å². The number of carboxylic acids is 1. The number of likely N-dealkylation sites (tertiary alicyclic amines) is 1. The Bertz CT molecular complexity index is 1490. The highest BCUT2D eigenvalue weighted by Gasteiger charge is 2.62. The summed E-state index contributed by atoms with van der Waals surface area (Å²) in [7, 11) is 0. The largest absolute Gasteiger partial charge is 0.479 e. The van der Waals surface area contributed by atoms with Gasteiger partial charge < -0.3 is 20.1 Å². The molecule has 42 heavy (non-hydrogen) atoms. The molecule has 3 aromatic rings. The van der Waals surface area contributed by atoms with E-state index >= 15 is 0 Å². The topological polar surface area (TPSA) is 99.2 Å². The lowest BCUT2D eigenvalue weighted by Crippen LogP contribution is -2.65. The van der Waals surface area contributed by atoms with E-state index in [4.69, 9.17) is 4.74 Å². The van der Waals surface area contributed by atoms with Crippen LogP contribution in [0.2, 0.25) is 0 Å². The normalized spacial score (nSPS) is 26.2. The molecule has 1 atom stereocenters. The summed E-state index contributed by atoms with van der Waals surface area (Å²) in [6.45, 7) is 1.67. The fourth-order valence-corrected chi connectivity index (χ4v) is 7.86. The number of carboxylic acid groups (broad SMARTS) is 1. The molecule has 3 aliphatic heterocycles. The third-order valence-electron chi connectivity index (χ3n) is 9.92. The quantitative estimate of drug-likeness (QED) is 0.428. The molecular weight excluding hydrogens is 530 g/mol. The van der Waals surface area contributed by atoms with Gasteiger partial charge in [-0.2, -0.15) is 0 Å². The van der Waals surface area contributed by atoms with Gasteiger partial charge in [-0.1, -0.05) is 78.9 Å². The number of ether oxygens (including phenoxy) is 1. The van der Waals surface area contributed by atoms with Gasteiger partial charge in [0.2, 0.25) is 0 Å². The van der Waals surface area contributed by atoms with Crippen LogP contribution in [-0.2, 0) is 20.9 Å². The summed E-state index contributed by atoms with van der Waals surface area (Å²) in [5.74, 6) is -1.35. The first-order chi connectivity index (χ1) is 20.4. The van der Waals surface area contributed by atoms with E-state index in [1.54, 1.807) is 4.90 Å². The van der Waals surface area contributed by atoms with E-state index in [-0.39, 0.29) is 24.5 Å². The van der Waals surface area contributed by atoms with E-state index < -0.39 is 23.1 Å². The van der Waals surface area contributed by atoms with Crippen molar-refractivity contribution in [1.82, 2.24) is 15.1 Å². The summed E-state index contributed by atoms with van der Waals surface area (Å²) >= 11 is 0. The molecule has 2 amide bonds. The zero-order chi connectivity index (χ0) is 28.9. The fraction of sp³-hybridized carbons (Fsp3) is 0.382. The standard InChI is InChI=1S/C34H35N3O5/c38-30(37-24-14-16-34(37,17-15-24)31(39)40)33(18-19-36(22-33)20-23-8-2-1-3-9-23)35-32(41)42-21-29-27-12-6-4-10-25(27)26-11-5-7-13-28(26)29/h1-13,24,29H,14-22H2,(H,35,41)(H,39,40). The minimum Gasteiger partial charge on any atom is -0.479 e. The smallest absolute Gasteiger partial charge is 0.408 e. The van der Waals surface area contributed by atoms with Crippen molar-refractivity contribution < 1.29 is 24.2 Å². The van der Waals surface area contributed by atoms with Crippen LogP contribution in [0.25, 0.3) is 11.1 Å². The molecule has 3 saturated heterocycles. The van der Waals surface area contributed by atoms with Crippen molar-refractivity contribution in [1.29, 1.82) is 0 Å². The Hall–Kier alpha value is -4.17. The number of alkyl carbamates (subject to hydrolysis) is 1. The maximum absolute atomic E-state index is 14.4. The first-order valence-corrected chi connectivity index (χ1v) is 14.9. The van der Waals surface area contributed by atoms with Crippen molar-refractivity contribution >= 4 is 18.0 Å². The Labute approximate surface area is 245 Å². The lowest BCUT2D eigenvalue weighted by Gasteiger charge is -2.38. The van der Waals surface area contributed by atoms with Crippen LogP contribution in [0.15, 0.2) is 78.9 Å². The van der Waals surface area contributed by atoms with Crippen molar-refractivity contribution in [3.05, 3.63) is 95.6 Å². The molecule has 3 aromatic carbocycles. The summed E-state index contributed by atoms with van der Waals surface area (Å²) in [6.07, 6.45) is 1.99. The number of nitrogens with zero attached hydrogens (tertiary/aromatic N) is 2. The molecule has 0 saturated carbocycles. The van der Waals surface area contributed by atoms with Crippen LogP contribution in [0.4, 0.5) is 4.79 Å². The summed E-state index contributed by atoms with van der Waals surface area (Å²) < 4.78 is 5.88. The van der Waals surface area contributed by atoms with Crippen LogP contribution in [0.1, 0.15) is 54.7 Å². The molecule has 7 rings (SSSR count). The van der Waals surface area contributed by atoms with E-state index in [0.29, 0.717) is 51.7 Å². The maximum Gasteiger partial charge on any atom is 0.408 e. The third kappa shape index (κ3) is 4.28. The van der Waals surface area contributed by atoms with Gasteiger partial charge in [0, 0.05) is 31.6 Å². The minimum atomic E-state index is -1.26. The molecule has 2 bridgehead atoms. The van der Waals surface area contributed by atoms with Gasteiger partial charge in [-0.05, 0) is 59.9 Å². The summed E-state index contributed by atoms with van der Waals surface area (Å²) in [5, 5.41) is 13.2. The van der Waals surface area contributed by atoms with Gasteiger partial charge in [0.25, 0.3) is 5.91 Å². The zero-order valence-electron chi connectivity index (χ0n) is 23.5. The number of aliphatic carboxylic acids is 1. The number of amides is 2. The van der Waals surface area contributed by atoms with Crippen molar-refractivity contribution in [2.45, 2.75) is 61.7 Å². The number of hydrogen-bond acceptors (Lipinski definition) is 5. The average molecular weight is 566 g/mol. The number of carbonyl (C=O) groups excluding carboxylic acids is 2. The van der Waals surface area contributed by atoms with E-state index in [2.05, 4.69) is 34.5 Å². The molecule has 0 spiro atoms. The SMILES string of the molecule is O=C(NC1(C(=O)N2C3CCC2(C(=O)O)CC3)CCN(Cc2ccccc2)C1)OCC1c2ccccc2-c2ccccc21. The van der Waals surface area contributed by atoms with Crippen LogP contribution in [0.5, 0.6) is 0 Å². The predicted molar refractivity (Wildman–Crippen MR) is 157 cm³/mol. The molecule has 3 heterocycles. The Kier molecular flexibility index (Phi) is 6.54. The maximum atomic E-state index is 14.4. The summed E-state index contributed by atoms with van der Waals surface area (Å²) in [6, 6.07) is 26.2. The highest BCUT2D eigenvalue weighted by atomic mass is 16.5. The van der Waals surface area contributed by atoms with Crippen LogP contribution in [-0.4, -0.2) is 69.7 Å². The van der Waals surface area contributed by atoms with E-state index in [9.17, 15) is 19.5 Å². The number of hydrogen-bond donors (Lipinski definition) is 2. The zero-order valence-corrected chi connectivity index (χ0v) is 23.5. The molecule has 216 valence electrons. The lowest BCUT2D eigenvalue weighted by atomic mass is 9.87. The third-order valence-corrected chi connectivity index (χ3v) is 9.92. The van der Waals surface area contributed by atoms with Gasteiger partial charge in [-0.15, -0.1) is 0 Å². The van der Waals surface area contributed by atoms with Crippen LogP contribution in [0, 0.1) is 0 Å². The predicted octanol–water partition coefficient (Wildman–Crippen LogP) is 4.78. The number of fused-ring (bicyclic) bond motifs is 5. The van der Waals surface area contributed by atoms with Crippen molar-refractivity contribution in [2.75, 3.05) is 19.7 Å². The Morgan fingerprint density at radius 2 is 1.48 bits per heavy atom. The van der Waals surface area contributed by atoms with Gasteiger partial charge in [-0.25, -0.2) is 9.59 Å². The van der Waals surface area contributed by atoms with E-state index in [1.165, 1.54) is 0 Å². The molecule has 1 unspecified atom stereocenters. The first-order valence-electron chi connectivity index (χ1n) is 14.9. The summed E-state index contributed by atoms with van der Waals surface area (Å²) in [4.78, 5) is 44.2. The second-order valence-electron chi connectivity index (χ2n) is 12.2. The van der Waals surface area contributed by atoms with E-state index in [1.807, 2.05) is 54.6 Å². The van der Waals surface area contributed by atoms with Gasteiger partial charge in [-0.3, -0.25) is 9.69 Å². The molecule has 8 nitrogen and oxygen atoms in total. The molecule has 8 heteroatoms. The second kappa shape index (κ2) is 10.3. The Morgan fingerprint density at radius 3 is 2.12 bits per heavy atom. The minimum absolute atomic E-state index is 0.0994. The number of benzene rings is 3. The van der Waals surface area contributed by atoms with Gasteiger partial charge in [0.1, 0.15) is 17.7 Å². The molecule has 2 N–H and O–H groups in total. The highest BCUT2D eigenvalue weighted by molar-refractivity contribution is 5.96. The van der Waals surface area contributed by atoms with Crippen LogP contribution >= 0.6 is 0 Å². The van der Waals surface area contributed by atoms with Crippen molar-refractivity contribution in [3.63, 3.8) is 0 Å². The second-order valence-corrected chi connectivity index (χ2v) is 12.2. The van der Waals surface area contributed by atoms with Crippen LogP contribution in [0.3, 0.4) is 0 Å². The molecule has 3 fully saturated rings. The number of nitrogens with one attached hydrogen (secondary N) is 1. The summed E-state index contributed by atoms with van der Waals surface area (Å²) in [5.41, 5.74) is 3.18. The Morgan fingerprint density at radius 1 is 0.857 bits per heavy atom. The van der Waals surface area contributed by atoms with E-state index in [0.717, 1.165) is 27.8 Å². The first kappa shape index (κ1) is 26.7. The molecule has 4 aliphatic rings. The van der Waals surface area contributed by atoms with Gasteiger partial charge in [0.15, 0.2) is 0 Å². The highest BCUT2D eigenvalue weighted by Crippen LogP contribution is 2.48. The molecule has 0 aromatic heterocycles.